The molecule has 1 unspecified atom stereocenters. The molecule has 8 heteroatoms. The van der Waals surface area contributed by atoms with Gasteiger partial charge in [-0.05, 0) is 42.0 Å². The van der Waals surface area contributed by atoms with Crippen LogP contribution in [0.15, 0.2) is 82.6 Å². The van der Waals surface area contributed by atoms with Crippen molar-refractivity contribution in [3.8, 4) is 5.75 Å². The average molecular weight is 476 g/mol. The smallest absolute Gasteiger partial charge is 0.417 e. The second-order valence-corrected chi connectivity index (χ2v) is 9.06. The van der Waals surface area contributed by atoms with Gasteiger partial charge in [-0.3, -0.25) is 0 Å². The van der Waals surface area contributed by atoms with Crippen molar-refractivity contribution in [3.05, 3.63) is 83.9 Å². The van der Waals surface area contributed by atoms with Crippen LogP contribution >= 0.6 is 11.8 Å². The predicted octanol–water partition coefficient (Wildman–Crippen LogP) is 4.18. The van der Waals surface area contributed by atoms with Crippen molar-refractivity contribution in [2.24, 2.45) is 0 Å². The predicted molar refractivity (Wildman–Crippen MR) is 123 cm³/mol. The molecule has 1 atom stereocenters. The summed E-state index contributed by atoms with van der Waals surface area (Å²) in [6.07, 6.45) is -4.47. The summed E-state index contributed by atoms with van der Waals surface area (Å²) >= 11 is 1.07. The van der Waals surface area contributed by atoms with Gasteiger partial charge in [0.1, 0.15) is 18.4 Å². The normalized spacial score (nSPS) is 16.6. The Kier molecular flexibility index (Phi) is 7.47. The van der Waals surface area contributed by atoms with E-state index in [1.807, 2.05) is 40.5 Å². The highest BCUT2D eigenvalue weighted by molar-refractivity contribution is 7.99. The minimum absolute atomic E-state index is 0.000747. The zero-order valence-corrected chi connectivity index (χ0v) is 18.8. The summed E-state index contributed by atoms with van der Waals surface area (Å²) < 4.78 is 47.6. The molecule has 3 aromatic carbocycles. The Balaban J connectivity index is 1.52. The molecule has 4 nitrogen and oxygen atoms in total. The van der Waals surface area contributed by atoms with Crippen molar-refractivity contribution in [3.63, 3.8) is 0 Å². The topological polar surface area (TPSA) is 49.3 Å². The molecule has 1 heterocycles. The van der Waals surface area contributed by atoms with Gasteiger partial charge in [0.05, 0.1) is 31.8 Å². The summed E-state index contributed by atoms with van der Waals surface area (Å²) in [6, 6.07) is 21.3. The van der Waals surface area contributed by atoms with Crippen LogP contribution in [-0.4, -0.2) is 37.4 Å². The highest BCUT2D eigenvalue weighted by Crippen LogP contribution is 2.42. The van der Waals surface area contributed by atoms with Gasteiger partial charge < -0.3 is 20.1 Å². The number of aliphatic hydroxyl groups is 1. The van der Waals surface area contributed by atoms with Crippen molar-refractivity contribution in [2.75, 3.05) is 31.1 Å². The number of alkyl halides is 3. The van der Waals surface area contributed by atoms with E-state index >= 15 is 0 Å². The Morgan fingerprint density at radius 2 is 1.85 bits per heavy atom. The first-order valence-corrected chi connectivity index (χ1v) is 11.6. The number of hydrogen-bond donors (Lipinski definition) is 2. The third kappa shape index (κ3) is 6.22. The summed E-state index contributed by atoms with van der Waals surface area (Å²) in [5, 5.41) is 11.4. The van der Waals surface area contributed by atoms with Crippen molar-refractivity contribution in [1.29, 1.82) is 0 Å². The van der Waals surface area contributed by atoms with Gasteiger partial charge in [0, 0.05) is 15.5 Å². The standard InChI is InChI=1S/C25H25F3N2O2S/c26-25(27,28)23-13-20(30-12-11-29-19(15-30)16-31)9-10-24(23)33-22-8-4-7-21(14-22)32-17-18-5-2-1-3-6-18/h1-10,13-14,19,29,31H,11-12,15-17H2/p+1. The van der Waals surface area contributed by atoms with Gasteiger partial charge in [0.2, 0.25) is 0 Å². The first-order chi connectivity index (χ1) is 15.9. The molecule has 0 amide bonds. The van der Waals surface area contributed by atoms with Crippen molar-refractivity contribution in [1.82, 2.24) is 0 Å². The number of quaternary nitrogens is 1. The van der Waals surface area contributed by atoms with Crippen LogP contribution in [-0.2, 0) is 12.8 Å². The first-order valence-electron chi connectivity index (χ1n) is 10.8. The molecule has 3 N–H and O–H groups in total. The molecule has 3 aromatic rings. The van der Waals surface area contributed by atoms with E-state index in [1.165, 1.54) is 12.1 Å². The Labute approximate surface area is 195 Å². The van der Waals surface area contributed by atoms with Crippen molar-refractivity contribution in [2.45, 2.75) is 28.6 Å². The van der Waals surface area contributed by atoms with Gasteiger partial charge >= 0.3 is 6.18 Å². The van der Waals surface area contributed by atoms with Gasteiger partial charge in [-0.15, -0.1) is 0 Å². The number of ether oxygens (including phenoxy) is 1. The highest BCUT2D eigenvalue weighted by Gasteiger charge is 2.35. The maximum atomic E-state index is 13.9. The molecule has 0 radical (unpaired) electrons. The van der Waals surface area contributed by atoms with E-state index in [0.717, 1.165) is 23.9 Å². The number of nitrogens with two attached hydrogens (primary N) is 1. The summed E-state index contributed by atoms with van der Waals surface area (Å²) in [6.45, 7) is 2.28. The number of hydrogen-bond acceptors (Lipinski definition) is 4. The molecule has 0 saturated carbocycles. The Morgan fingerprint density at radius 1 is 1.03 bits per heavy atom. The van der Waals surface area contributed by atoms with Gasteiger partial charge in [-0.25, -0.2) is 0 Å². The summed E-state index contributed by atoms with van der Waals surface area (Å²) in [4.78, 5) is 2.73. The van der Waals surface area contributed by atoms with E-state index in [0.29, 0.717) is 36.0 Å². The minimum atomic E-state index is -4.47. The molecule has 0 aliphatic carbocycles. The lowest BCUT2D eigenvalue weighted by atomic mass is 10.1. The molecule has 33 heavy (non-hydrogen) atoms. The number of anilines is 1. The molecule has 0 bridgehead atoms. The number of piperazine rings is 1. The Bertz CT molecular complexity index is 1060. The van der Waals surface area contributed by atoms with Crippen LogP contribution in [0.25, 0.3) is 0 Å². The second kappa shape index (κ2) is 10.5. The number of rotatable bonds is 7. The lowest BCUT2D eigenvalue weighted by Crippen LogP contribution is -2.96. The van der Waals surface area contributed by atoms with E-state index in [1.54, 1.807) is 30.3 Å². The highest BCUT2D eigenvalue weighted by atomic mass is 32.2. The Morgan fingerprint density at radius 3 is 2.61 bits per heavy atom. The molecule has 1 aliphatic heterocycles. The van der Waals surface area contributed by atoms with Gasteiger partial charge in [-0.2, -0.15) is 13.2 Å². The summed E-state index contributed by atoms with van der Waals surface area (Å²) in [7, 11) is 0. The molecule has 0 spiro atoms. The van der Waals surface area contributed by atoms with E-state index in [2.05, 4.69) is 0 Å². The van der Waals surface area contributed by atoms with Crippen molar-refractivity contribution < 1.29 is 28.3 Å². The third-order valence-corrected chi connectivity index (χ3v) is 6.57. The fourth-order valence-electron chi connectivity index (χ4n) is 3.80. The summed E-state index contributed by atoms with van der Waals surface area (Å²) in [5.41, 5.74) is 0.887. The first kappa shape index (κ1) is 23.5. The van der Waals surface area contributed by atoms with Crippen molar-refractivity contribution >= 4 is 17.4 Å². The molecule has 1 fully saturated rings. The van der Waals surface area contributed by atoms with E-state index in [-0.39, 0.29) is 17.5 Å². The maximum absolute atomic E-state index is 13.9. The lowest BCUT2D eigenvalue weighted by Gasteiger charge is -2.32. The van der Waals surface area contributed by atoms with Crippen LogP contribution in [0.4, 0.5) is 18.9 Å². The zero-order valence-electron chi connectivity index (χ0n) is 18.0. The summed E-state index contributed by atoms with van der Waals surface area (Å²) in [5.74, 6) is 0.605. The van der Waals surface area contributed by atoms with E-state index in [4.69, 9.17) is 4.74 Å². The largest absolute Gasteiger partial charge is 0.489 e. The minimum Gasteiger partial charge on any atom is -0.489 e. The molecule has 0 aromatic heterocycles. The molecular formula is C25H26F3N2O2S+. The third-order valence-electron chi connectivity index (χ3n) is 5.50. The monoisotopic (exact) mass is 475 g/mol. The van der Waals surface area contributed by atoms with Crippen LogP contribution < -0.4 is 15.0 Å². The maximum Gasteiger partial charge on any atom is 0.417 e. The number of halogens is 3. The van der Waals surface area contributed by atoms with Crippen LogP contribution in [0.1, 0.15) is 11.1 Å². The fourth-order valence-corrected chi connectivity index (χ4v) is 4.80. The fraction of sp³-hybridized carbons (Fsp3) is 0.280. The molecule has 174 valence electrons. The zero-order chi connectivity index (χ0) is 23.3. The lowest BCUT2D eigenvalue weighted by molar-refractivity contribution is -0.692. The van der Waals surface area contributed by atoms with Crippen LogP contribution in [0, 0.1) is 0 Å². The van der Waals surface area contributed by atoms with Crippen LogP contribution in [0.5, 0.6) is 5.75 Å². The SMILES string of the molecule is OCC1CN(c2ccc(Sc3cccc(OCc4ccccc4)c3)c(C(F)(F)F)c2)CC[NH2+]1. The number of nitrogens with zero attached hydrogens (tertiary/aromatic N) is 1. The van der Waals surface area contributed by atoms with Gasteiger partial charge in [0.25, 0.3) is 0 Å². The second-order valence-electron chi connectivity index (χ2n) is 7.94. The number of benzene rings is 3. The average Bonchev–Trinajstić information content (AvgIpc) is 2.83. The molecular weight excluding hydrogens is 449 g/mol. The molecule has 1 aliphatic rings. The van der Waals surface area contributed by atoms with Gasteiger partial charge in [0.15, 0.2) is 0 Å². The van der Waals surface area contributed by atoms with E-state index < -0.39 is 11.7 Å². The Hall–Kier alpha value is -2.68. The van der Waals surface area contributed by atoms with Gasteiger partial charge in [-0.1, -0.05) is 48.2 Å². The molecule has 1 saturated heterocycles. The molecule has 4 rings (SSSR count). The van der Waals surface area contributed by atoms with E-state index in [9.17, 15) is 18.3 Å². The van der Waals surface area contributed by atoms with Crippen LogP contribution in [0.2, 0.25) is 0 Å². The number of aliphatic hydroxyl groups excluding tert-OH is 1. The quantitative estimate of drug-likeness (QED) is 0.538. The van der Waals surface area contributed by atoms with Crippen LogP contribution in [0.3, 0.4) is 0 Å².